The number of allylic oxidation sites excluding steroid dienone is 8. The Balaban J connectivity index is 3.92. The van der Waals surface area contributed by atoms with Gasteiger partial charge in [0.25, 0.3) is 7.82 Å². The molecule has 10 heteroatoms. The minimum absolute atomic E-state index is 0.0389. The first kappa shape index (κ1) is 73.0. The van der Waals surface area contributed by atoms with Crippen molar-refractivity contribution in [3.8, 4) is 0 Å². The van der Waals surface area contributed by atoms with Gasteiger partial charge in [-0.15, -0.1) is 0 Å². The number of unbranched alkanes of at least 4 members (excludes halogenated alkanes) is 37. The molecule has 0 bridgehead atoms. The summed E-state index contributed by atoms with van der Waals surface area (Å²) in [5.41, 5.74) is 0. The van der Waals surface area contributed by atoms with Gasteiger partial charge in [0, 0.05) is 12.8 Å². The van der Waals surface area contributed by atoms with Crippen LogP contribution in [0.3, 0.4) is 0 Å². The van der Waals surface area contributed by atoms with Crippen LogP contribution in [0.5, 0.6) is 0 Å². The molecule has 0 aromatic rings. The van der Waals surface area contributed by atoms with Crippen LogP contribution >= 0.6 is 7.82 Å². The van der Waals surface area contributed by atoms with Crippen molar-refractivity contribution in [1.82, 2.24) is 0 Å². The van der Waals surface area contributed by atoms with Gasteiger partial charge in [-0.05, 0) is 51.4 Å². The lowest BCUT2D eigenvalue weighted by Gasteiger charge is -2.28. The van der Waals surface area contributed by atoms with Crippen molar-refractivity contribution < 1.29 is 42.1 Å². The number of hydrogen-bond acceptors (Lipinski definition) is 8. The minimum Gasteiger partial charge on any atom is -0.756 e. The van der Waals surface area contributed by atoms with Crippen molar-refractivity contribution in [3.63, 3.8) is 0 Å². The van der Waals surface area contributed by atoms with Crippen LogP contribution in [-0.4, -0.2) is 70.0 Å². The standard InChI is InChI=1S/C65H122NO8P/c1-6-8-10-12-14-16-18-20-22-23-24-25-26-27-28-29-30-31-32-33-34-35-36-37-38-39-40-41-42-44-45-47-49-51-53-55-57-64(67)71-61-63(62-73-75(69,70)72-60-59-66(3,4)5)74-65(68)58-56-54-52-50-48-46-43-21-19-17-15-13-11-9-7-2/h9,11,15,17,21,43,48,50,63H,6-8,10,12-14,16,18-20,22-42,44-47,49,51-62H2,1-5H3/b11-9-,17-15-,43-21-,50-48-. The Morgan fingerprint density at radius 1 is 0.427 bits per heavy atom. The molecule has 440 valence electrons. The molecule has 2 atom stereocenters. The summed E-state index contributed by atoms with van der Waals surface area (Å²) in [5.74, 6) is -0.872. The number of hydrogen-bond donors (Lipinski definition) is 0. The van der Waals surface area contributed by atoms with Crippen molar-refractivity contribution in [2.75, 3.05) is 47.5 Å². The molecule has 0 fully saturated rings. The molecule has 0 spiro atoms. The number of carbonyl (C=O) groups excluding carboxylic acids is 2. The summed E-state index contributed by atoms with van der Waals surface area (Å²) in [4.78, 5) is 37.8. The third-order valence-corrected chi connectivity index (χ3v) is 15.1. The van der Waals surface area contributed by atoms with Crippen LogP contribution in [0.1, 0.15) is 303 Å². The zero-order valence-corrected chi connectivity index (χ0v) is 50.9. The van der Waals surface area contributed by atoms with Gasteiger partial charge in [-0.3, -0.25) is 14.2 Å². The van der Waals surface area contributed by atoms with Gasteiger partial charge in [-0.1, -0.05) is 287 Å². The number of esters is 2. The lowest BCUT2D eigenvalue weighted by Crippen LogP contribution is -2.37. The van der Waals surface area contributed by atoms with E-state index in [-0.39, 0.29) is 32.0 Å². The summed E-state index contributed by atoms with van der Waals surface area (Å²) in [6.45, 7) is 4.11. The smallest absolute Gasteiger partial charge is 0.306 e. The molecule has 0 amide bonds. The maximum Gasteiger partial charge on any atom is 0.306 e. The zero-order valence-electron chi connectivity index (χ0n) is 50.0. The quantitative estimate of drug-likeness (QED) is 0.0195. The topological polar surface area (TPSA) is 111 Å². The van der Waals surface area contributed by atoms with Crippen LogP contribution in [0.2, 0.25) is 0 Å². The van der Waals surface area contributed by atoms with Gasteiger partial charge in [0.05, 0.1) is 27.7 Å². The average Bonchev–Trinajstić information content (AvgIpc) is 3.37. The molecule has 0 N–H and O–H groups in total. The van der Waals surface area contributed by atoms with E-state index >= 15 is 0 Å². The normalized spacial score (nSPS) is 13.5. The van der Waals surface area contributed by atoms with Crippen LogP contribution in [0, 0.1) is 0 Å². The number of phosphoric acid groups is 1. The molecular formula is C65H122NO8P. The molecule has 0 heterocycles. The summed E-state index contributed by atoms with van der Waals surface area (Å²) in [5, 5.41) is 0. The maximum atomic E-state index is 12.7. The largest absolute Gasteiger partial charge is 0.756 e. The maximum absolute atomic E-state index is 12.7. The van der Waals surface area contributed by atoms with Gasteiger partial charge in [0.2, 0.25) is 0 Å². The predicted octanol–water partition coefficient (Wildman–Crippen LogP) is 19.5. The molecular weight excluding hydrogens is 954 g/mol. The van der Waals surface area contributed by atoms with E-state index in [9.17, 15) is 19.0 Å². The second kappa shape index (κ2) is 56.7. The highest BCUT2D eigenvalue weighted by molar-refractivity contribution is 7.45. The fourth-order valence-corrected chi connectivity index (χ4v) is 9.97. The zero-order chi connectivity index (χ0) is 54.9. The van der Waals surface area contributed by atoms with E-state index in [1.165, 1.54) is 212 Å². The lowest BCUT2D eigenvalue weighted by molar-refractivity contribution is -0.870. The molecule has 75 heavy (non-hydrogen) atoms. The number of ether oxygens (including phenoxy) is 2. The van der Waals surface area contributed by atoms with E-state index in [1.54, 1.807) is 0 Å². The fraction of sp³-hybridized carbons (Fsp3) is 0.846. The van der Waals surface area contributed by atoms with Crippen LogP contribution in [0.4, 0.5) is 0 Å². The van der Waals surface area contributed by atoms with Crippen molar-refractivity contribution >= 4 is 19.8 Å². The average molecular weight is 1080 g/mol. The van der Waals surface area contributed by atoms with E-state index in [0.717, 1.165) is 57.8 Å². The van der Waals surface area contributed by atoms with Gasteiger partial charge in [0.1, 0.15) is 19.8 Å². The third kappa shape index (κ3) is 61.1. The Bertz CT molecular complexity index is 1410. The van der Waals surface area contributed by atoms with Gasteiger partial charge in [-0.2, -0.15) is 0 Å². The summed E-state index contributed by atoms with van der Waals surface area (Å²) in [6.07, 6.45) is 72.2. The summed E-state index contributed by atoms with van der Waals surface area (Å²) >= 11 is 0. The molecule has 0 saturated heterocycles. The minimum atomic E-state index is -4.65. The molecule has 0 aliphatic rings. The fourth-order valence-electron chi connectivity index (χ4n) is 9.24. The molecule has 0 aromatic heterocycles. The highest BCUT2D eigenvalue weighted by atomic mass is 31.2. The first-order valence-corrected chi connectivity index (χ1v) is 33.3. The van der Waals surface area contributed by atoms with Gasteiger partial charge in [0.15, 0.2) is 6.10 Å². The first-order valence-electron chi connectivity index (χ1n) is 31.8. The predicted molar refractivity (Wildman–Crippen MR) is 319 cm³/mol. The first-order chi connectivity index (χ1) is 36.5. The van der Waals surface area contributed by atoms with Crippen molar-refractivity contribution in [2.45, 2.75) is 309 Å². The van der Waals surface area contributed by atoms with Crippen LogP contribution in [0.25, 0.3) is 0 Å². The summed E-state index contributed by atoms with van der Waals surface area (Å²) in [7, 11) is 1.14. The van der Waals surface area contributed by atoms with Crippen molar-refractivity contribution in [1.29, 1.82) is 0 Å². The number of phosphoric ester groups is 1. The molecule has 0 aliphatic heterocycles. The molecule has 0 saturated carbocycles. The van der Waals surface area contributed by atoms with Crippen LogP contribution < -0.4 is 4.89 Å². The second-order valence-corrected chi connectivity index (χ2v) is 24.2. The molecule has 0 aromatic carbocycles. The Labute approximate surface area is 464 Å². The van der Waals surface area contributed by atoms with E-state index in [0.29, 0.717) is 17.4 Å². The number of nitrogens with zero attached hydrogens (tertiary/aromatic N) is 1. The molecule has 0 aliphatic carbocycles. The van der Waals surface area contributed by atoms with Crippen molar-refractivity contribution in [2.24, 2.45) is 0 Å². The highest BCUT2D eigenvalue weighted by Crippen LogP contribution is 2.38. The molecule has 2 unspecified atom stereocenters. The number of rotatable bonds is 59. The molecule has 0 rings (SSSR count). The monoisotopic (exact) mass is 1080 g/mol. The third-order valence-electron chi connectivity index (χ3n) is 14.1. The number of quaternary nitrogens is 1. The van der Waals surface area contributed by atoms with E-state index in [4.69, 9.17) is 18.5 Å². The van der Waals surface area contributed by atoms with E-state index in [1.807, 2.05) is 21.1 Å². The molecule has 0 radical (unpaired) electrons. The Kier molecular flexibility index (Phi) is 55.1. The SMILES string of the molecule is CC/C=C\C/C=C\C/C=C\C/C=C\CCCCC(=O)OC(COC(=O)CCCCCCCCCCCCCCCCCCCCCCCCCCCCCCCCCCCCCC)COP(=O)([O-])OCC[N+](C)(C)C. The van der Waals surface area contributed by atoms with E-state index in [2.05, 4.69) is 62.5 Å². The van der Waals surface area contributed by atoms with Gasteiger partial charge >= 0.3 is 11.9 Å². The Morgan fingerprint density at radius 3 is 1.13 bits per heavy atom. The van der Waals surface area contributed by atoms with Crippen LogP contribution in [0.15, 0.2) is 48.6 Å². The summed E-state index contributed by atoms with van der Waals surface area (Å²) in [6, 6.07) is 0. The number of carbonyl (C=O) groups is 2. The molecule has 9 nitrogen and oxygen atoms in total. The second-order valence-electron chi connectivity index (χ2n) is 22.8. The van der Waals surface area contributed by atoms with Gasteiger partial charge in [-0.25, -0.2) is 0 Å². The van der Waals surface area contributed by atoms with Crippen molar-refractivity contribution in [3.05, 3.63) is 48.6 Å². The Hall–Kier alpha value is -2.03. The number of likely N-dealkylation sites (N-methyl/N-ethyl adjacent to an activating group) is 1. The van der Waals surface area contributed by atoms with Gasteiger partial charge < -0.3 is 27.9 Å². The lowest BCUT2D eigenvalue weighted by atomic mass is 10.0. The van der Waals surface area contributed by atoms with Crippen LogP contribution in [-0.2, 0) is 32.7 Å². The van der Waals surface area contributed by atoms with E-state index < -0.39 is 26.5 Å². The highest BCUT2D eigenvalue weighted by Gasteiger charge is 2.22. The Morgan fingerprint density at radius 2 is 0.760 bits per heavy atom. The summed E-state index contributed by atoms with van der Waals surface area (Å²) < 4.78 is 34.1.